The molecule has 0 aliphatic rings. The van der Waals surface area contributed by atoms with Gasteiger partial charge in [0.25, 0.3) is 0 Å². The van der Waals surface area contributed by atoms with Crippen LogP contribution in [0.1, 0.15) is 19.7 Å². The molecule has 0 aliphatic heterocycles. The molecule has 2 aromatic heterocycles. The highest BCUT2D eigenvalue weighted by molar-refractivity contribution is 5.45. The lowest BCUT2D eigenvalue weighted by molar-refractivity contribution is 0.128. The van der Waals surface area contributed by atoms with Crippen molar-refractivity contribution in [2.45, 2.75) is 33.0 Å². The van der Waals surface area contributed by atoms with Gasteiger partial charge < -0.3 is 20.4 Å². The molecule has 0 saturated carbocycles. The second-order valence-corrected chi connectivity index (χ2v) is 4.54. The normalized spacial score (nSPS) is 12.3. The Balaban J connectivity index is 1.98. The number of imidazole rings is 1. The Hall–Kier alpha value is -2.15. The van der Waals surface area contributed by atoms with Crippen molar-refractivity contribution >= 4 is 11.6 Å². The fourth-order valence-electron chi connectivity index (χ4n) is 1.86. The van der Waals surface area contributed by atoms with Crippen LogP contribution in [0.5, 0.6) is 0 Å². The van der Waals surface area contributed by atoms with Crippen LogP contribution in [-0.2, 0) is 17.9 Å². The zero-order valence-electron chi connectivity index (χ0n) is 11.8. The Morgan fingerprint density at radius 1 is 1.45 bits per heavy atom. The molecule has 0 radical (unpaired) electrons. The van der Waals surface area contributed by atoms with Gasteiger partial charge in [-0.1, -0.05) is 0 Å². The fraction of sp³-hybridized carbons (Fsp3) is 0.462. The zero-order valence-corrected chi connectivity index (χ0v) is 11.8. The number of nitrogens with two attached hydrogens (primary N) is 1. The van der Waals surface area contributed by atoms with E-state index >= 15 is 0 Å². The molecule has 1 unspecified atom stereocenters. The summed E-state index contributed by atoms with van der Waals surface area (Å²) in [5.74, 6) is 1.73. The number of hydrogen-bond donors (Lipinski definition) is 2. The molecule has 108 valence electrons. The quantitative estimate of drug-likeness (QED) is 0.792. The third-order valence-corrected chi connectivity index (χ3v) is 2.67. The number of rotatable bonds is 7. The minimum Gasteiger partial charge on any atom is -0.384 e. The summed E-state index contributed by atoms with van der Waals surface area (Å²) < 4.78 is 7.30. The van der Waals surface area contributed by atoms with Gasteiger partial charge in [-0.3, -0.25) is 0 Å². The zero-order chi connectivity index (χ0) is 14.4. The van der Waals surface area contributed by atoms with Crippen LogP contribution in [-0.4, -0.2) is 32.2 Å². The van der Waals surface area contributed by atoms with Gasteiger partial charge in [0.2, 0.25) is 0 Å². The summed E-state index contributed by atoms with van der Waals surface area (Å²) in [5.41, 5.74) is 5.78. The maximum atomic E-state index is 5.78. The van der Waals surface area contributed by atoms with Crippen LogP contribution in [0.3, 0.4) is 0 Å². The molecule has 7 heteroatoms. The van der Waals surface area contributed by atoms with Crippen molar-refractivity contribution in [3.05, 3.63) is 30.6 Å². The van der Waals surface area contributed by atoms with Gasteiger partial charge in [-0.15, -0.1) is 0 Å². The van der Waals surface area contributed by atoms with Crippen LogP contribution >= 0.6 is 0 Å². The molecular formula is C13H20N6O. The summed E-state index contributed by atoms with van der Waals surface area (Å²) in [6, 6.07) is 1.92. The summed E-state index contributed by atoms with van der Waals surface area (Å²) in [5, 5.41) is 3.30. The Kier molecular flexibility index (Phi) is 4.89. The van der Waals surface area contributed by atoms with Crippen molar-refractivity contribution in [3.8, 4) is 0 Å². The first kappa shape index (κ1) is 14.3. The number of anilines is 2. The standard InChI is InChI=1S/C13H20N6O/c1-3-20-8-13-17-11(14)6-12(18-13)16-10(2)7-19-5-4-15-9-19/h4-6,9-10H,3,7-8H2,1-2H3,(H3,14,16,17,18). The van der Waals surface area contributed by atoms with Crippen LogP contribution in [0.2, 0.25) is 0 Å². The van der Waals surface area contributed by atoms with Crippen molar-refractivity contribution < 1.29 is 4.74 Å². The van der Waals surface area contributed by atoms with Crippen molar-refractivity contribution in [1.82, 2.24) is 19.5 Å². The van der Waals surface area contributed by atoms with E-state index in [-0.39, 0.29) is 6.04 Å². The van der Waals surface area contributed by atoms with Crippen molar-refractivity contribution in [2.75, 3.05) is 17.7 Å². The second kappa shape index (κ2) is 6.85. The predicted molar refractivity (Wildman–Crippen MR) is 77.1 cm³/mol. The average molecular weight is 276 g/mol. The monoisotopic (exact) mass is 276 g/mol. The van der Waals surface area contributed by atoms with Gasteiger partial charge in [-0.2, -0.15) is 0 Å². The number of hydrogen-bond acceptors (Lipinski definition) is 6. The molecule has 0 fully saturated rings. The summed E-state index contributed by atoms with van der Waals surface area (Å²) >= 11 is 0. The molecule has 0 spiro atoms. The number of ether oxygens (including phenoxy) is 1. The lowest BCUT2D eigenvalue weighted by Crippen LogP contribution is -2.22. The molecule has 0 amide bonds. The number of nitrogen functional groups attached to an aromatic ring is 1. The van der Waals surface area contributed by atoms with E-state index < -0.39 is 0 Å². The molecule has 20 heavy (non-hydrogen) atoms. The van der Waals surface area contributed by atoms with E-state index in [4.69, 9.17) is 10.5 Å². The van der Waals surface area contributed by atoms with E-state index in [1.807, 2.05) is 17.7 Å². The third kappa shape index (κ3) is 4.20. The van der Waals surface area contributed by atoms with Gasteiger partial charge in [0.05, 0.1) is 6.33 Å². The first-order valence-corrected chi connectivity index (χ1v) is 6.61. The van der Waals surface area contributed by atoms with Gasteiger partial charge in [-0.25, -0.2) is 15.0 Å². The number of nitrogens with zero attached hydrogens (tertiary/aromatic N) is 4. The van der Waals surface area contributed by atoms with Crippen LogP contribution in [0.15, 0.2) is 24.8 Å². The second-order valence-electron chi connectivity index (χ2n) is 4.54. The maximum Gasteiger partial charge on any atom is 0.158 e. The summed E-state index contributed by atoms with van der Waals surface area (Å²) in [4.78, 5) is 12.5. The topological polar surface area (TPSA) is 90.9 Å². The number of aromatic nitrogens is 4. The van der Waals surface area contributed by atoms with Gasteiger partial charge in [0, 0.05) is 37.7 Å². The molecule has 0 aliphatic carbocycles. The van der Waals surface area contributed by atoms with Crippen LogP contribution < -0.4 is 11.1 Å². The number of nitrogens with one attached hydrogen (secondary N) is 1. The van der Waals surface area contributed by atoms with E-state index in [1.54, 1.807) is 18.6 Å². The minimum absolute atomic E-state index is 0.193. The highest BCUT2D eigenvalue weighted by atomic mass is 16.5. The molecule has 7 nitrogen and oxygen atoms in total. The molecule has 0 aromatic carbocycles. The van der Waals surface area contributed by atoms with Gasteiger partial charge >= 0.3 is 0 Å². The Labute approximate surface area is 118 Å². The largest absolute Gasteiger partial charge is 0.384 e. The van der Waals surface area contributed by atoms with Crippen molar-refractivity contribution in [1.29, 1.82) is 0 Å². The van der Waals surface area contributed by atoms with Crippen molar-refractivity contribution in [2.24, 2.45) is 0 Å². The minimum atomic E-state index is 0.193. The Morgan fingerprint density at radius 3 is 3.00 bits per heavy atom. The average Bonchev–Trinajstić information content (AvgIpc) is 2.88. The van der Waals surface area contributed by atoms with E-state index in [0.717, 1.165) is 6.54 Å². The molecule has 3 N–H and O–H groups in total. The van der Waals surface area contributed by atoms with E-state index in [9.17, 15) is 0 Å². The highest BCUT2D eigenvalue weighted by Crippen LogP contribution is 2.11. The molecule has 2 aromatic rings. The summed E-state index contributed by atoms with van der Waals surface area (Å²) in [6.45, 7) is 5.79. The molecule has 0 saturated heterocycles. The van der Waals surface area contributed by atoms with Crippen molar-refractivity contribution in [3.63, 3.8) is 0 Å². The maximum absolute atomic E-state index is 5.78. The fourth-order valence-corrected chi connectivity index (χ4v) is 1.86. The first-order chi connectivity index (χ1) is 9.67. The lowest BCUT2D eigenvalue weighted by atomic mass is 10.3. The molecule has 1 atom stereocenters. The summed E-state index contributed by atoms with van der Waals surface area (Å²) in [6.07, 6.45) is 5.47. The highest BCUT2D eigenvalue weighted by Gasteiger charge is 2.07. The summed E-state index contributed by atoms with van der Waals surface area (Å²) in [7, 11) is 0. The molecule has 2 rings (SSSR count). The molecular weight excluding hydrogens is 256 g/mol. The molecule has 2 heterocycles. The molecule has 0 bridgehead atoms. The Morgan fingerprint density at radius 2 is 2.30 bits per heavy atom. The van der Waals surface area contributed by atoms with Crippen LogP contribution in [0.25, 0.3) is 0 Å². The van der Waals surface area contributed by atoms with E-state index in [1.165, 1.54) is 0 Å². The van der Waals surface area contributed by atoms with E-state index in [0.29, 0.717) is 30.7 Å². The lowest BCUT2D eigenvalue weighted by Gasteiger charge is -2.15. The van der Waals surface area contributed by atoms with Gasteiger partial charge in [0.1, 0.15) is 18.2 Å². The SMILES string of the molecule is CCOCc1nc(N)cc(NC(C)Cn2ccnc2)n1. The smallest absolute Gasteiger partial charge is 0.158 e. The van der Waals surface area contributed by atoms with Gasteiger partial charge in [0.15, 0.2) is 5.82 Å². The van der Waals surface area contributed by atoms with Gasteiger partial charge in [-0.05, 0) is 13.8 Å². The van der Waals surface area contributed by atoms with Crippen LogP contribution in [0.4, 0.5) is 11.6 Å². The van der Waals surface area contributed by atoms with E-state index in [2.05, 4.69) is 27.2 Å². The Bertz CT molecular complexity index is 528. The third-order valence-electron chi connectivity index (χ3n) is 2.67. The first-order valence-electron chi connectivity index (χ1n) is 6.61. The van der Waals surface area contributed by atoms with Crippen LogP contribution in [0, 0.1) is 0 Å². The predicted octanol–water partition coefficient (Wildman–Crippen LogP) is 1.29.